The third-order valence-electron chi connectivity index (χ3n) is 5.26. The van der Waals surface area contributed by atoms with E-state index in [0.717, 1.165) is 24.5 Å². The predicted molar refractivity (Wildman–Crippen MR) is 102 cm³/mol. The molecule has 1 aromatic rings. The van der Waals surface area contributed by atoms with Crippen molar-refractivity contribution in [1.29, 1.82) is 0 Å². The van der Waals surface area contributed by atoms with Gasteiger partial charge in [0.1, 0.15) is 0 Å². The zero-order chi connectivity index (χ0) is 17.6. The first-order valence-electron chi connectivity index (χ1n) is 9.35. The number of nitrogens with two attached hydrogens (primary N) is 1. The first kappa shape index (κ1) is 18.7. The number of amides is 1. The fourth-order valence-corrected chi connectivity index (χ4v) is 5.31. The Balaban J connectivity index is 0.000000324. The minimum absolute atomic E-state index is 0.245. The second-order valence-corrected chi connectivity index (χ2v) is 8.49. The molecule has 1 amide bonds. The fourth-order valence-electron chi connectivity index (χ4n) is 3.67. The first-order valence-corrected chi connectivity index (χ1v) is 10.3. The van der Waals surface area contributed by atoms with Crippen molar-refractivity contribution in [2.45, 2.75) is 55.6 Å². The van der Waals surface area contributed by atoms with Crippen LogP contribution in [-0.2, 0) is 16.0 Å². The van der Waals surface area contributed by atoms with Crippen LogP contribution in [0.2, 0.25) is 0 Å². The summed E-state index contributed by atoms with van der Waals surface area (Å²) in [5.74, 6) is -0.245. The number of aryl methyl sites for hydroxylation is 1. The number of fused-ring (bicyclic) bond motifs is 1. The number of hydrogen-bond donors (Lipinski definition) is 1. The molecule has 0 spiro atoms. The second kappa shape index (κ2) is 9.01. The average molecular weight is 364 g/mol. The Hall–Kier alpha value is -1.11. The molecular formula is C19H29N3O2S. The molecule has 1 aliphatic carbocycles. The summed E-state index contributed by atoms with van der Waals surface area (Å²) < 4.78 is 5.45. The Morgan fingerprint density at radius 3 is 2.76 bits per heavy atom. The van der Waals surface area contributed by atoms with Gasteiger partial charge in [0.15, 0.2) is 0 Å². The van der Waals surface area contributed by atoms with Crippen LogP contribution in [0.15, 0.2) is 18.5 Å². The summed E-state index contributed by atoms with van der Waals surface area (Å²) in [6.07, 6.45) is 9.48. The lowest BCUT2D eigenvalue weighted by Crippen LogP contribution is -2.55. The van der Waals surface area contributed by atoms with Crippen LogP contribution in [0.4, 0.5) is 0 Å². The molecule has 0 radical (unpaired) electrons. The molecule has 2 N–H and O–H groups in total. The van der Waals surface area contributed by atoms with Crippen LogP contribution in [-0.4, -0.2) is 53.4 Å². The molecule has 2 aliphatic heterocycles. The number of carbonyl (C=O) groups excluding carboxylic acids is 1. The smallest absolute Gasteiger partial charge is 0.217 e. The van der Waals surface area contributed by atoms with E-state index in [4.69, 9.17) is 4.74 Å². The van der Waals surface area contributed by atoms with Crippen LogP contribution in [0.1, 0.15) is 49.0 Å². The van der Waals surface area contributed by atoms with Gasteiger partial charge in [-0.3, -0.25) is 14.7 Å². The molecule has 4 rings (SSSR count). The number of primary amides is 1. The van der Waals surface area contributed by atoms with Crippen molar-refractivity contribution in [3.8, 4) is 0 Å². The Labute approximate surface area is 154 Å². The summed E-state index contributed by atoms with van der Waals surface area (Å²) >= 11 is 2.19. The van der Waals surface area contributed by atoms with Crippen LogP contribution < -0.4 is 5.73 Å². The number of hydrogen-bond acceptors (Lipinski definition) is 5. The van der Waals surface area contributed by atoms with Crippen molar-refractivity contribution >= 4 is 17.7 Å². The molecule has 1 atom stereocenters. The first-order chi connectivity index (χ1) is 12.2. The van der Waals surface area contributed by atoms with E-state index in [2.05, 4.69) is 39.6 Å². The highest BCUT2D eigenvalue weighted by Crippen LogP contribution is 2.44. The Kier molecular flexibility index (Phi) is 6.73. The van der Waals surface area contributed by atoms with Gasteiger partial charge in [-0.2, -0.15) is 0 Å². The molecule has 2 saturated heterocycles. The Bertz CT molecular complexity index is 572. The minimum Gasteiger partial charge on any atom is -0.381 e. The van der Waals surface area contributed by atoms with Crippen molar-refractivity contribution < 1.29 is 9.53 Å². The van der Waals surface area contributed by atoms with E-state index >= 15 is 0 Å². The highest BCUT2D eigenvalue weighted by atomic mass is 32.2. The quantitative estimate of drug-likeness (QED) is 0.890. The third kappa shape index (κ3) is 4.96. The minimum atomic E-state index is -0.245. The monoisotopic (exact) mass is 363 g/mol. The van der Waals surface area contributed by atoms with Gasteiger partial charge in [-0.25, -0.2) is 0 Å². The third-order valence-corrected chi connectivity index (χ3v) is 6.76. The van der Waals surface area contributed by atoms with Gasteiger partial charge in [0.05, 0.1) is 0 Å². The topological polar surface area (TPSA) is 68.5 Å². The number of thioether (sulfide) groups is 1. The summed E-state index contributed by atoms with van der Waals surface area (Å²) in [5.41, 5.74) is 7.68. The molecule has 3 aliphatic rings. The van der Waals surface area contributed by atoms with Crippen LogP contribution in [0.3, 0.4) is 0 Å². The van der Waals surface area contributed by atoms with Crippen molar-refractivity contribution in [2.24, 2.45) is 5.73 Å². The van der Waals surface area contributed by atoms with Crippen molar-refractivity contribution in [2.75, 3.05) is 26.3 Å². The standard InChI is InChI=1S/C16H22N2OS.C3H7NO/c1-2-16(15-9-17-6-3-12(1)15)20-14-10-18(11-14)13-4-7-19-8-5-13;1-2-3(4)5/h3,6,9,13-14,16H,1-2,4-5,7-8,10-11H2;2H2,1H3,(H2,4,5). The number of nitrogens with zero attached hydrogens (tertiary/aromatic N) is 2. The van der Waals surface area contributed by atoms with Gasteiger partial charge in [-0.05, 0) is 42.9 Å². The SMILES string of the molecule is CCC(N)=O.c1cc2c(cn1)C(SC1CN(C3CCOCC3)C1)CC2. The van der Waals surface area contributed by atoms with E-state index < -0.39 is 0 Å². The average Bonchev–Trinajstić information content (AvgIpc) is 3.02. The maximum absolute atomic E-state index is 9.59. The second-order valence-electron chi connectivity index (χ2n) is 6.98. The molecule has 0 saturated carbocycles. The van der Waals surface area contributed by atoms with Gasteiger partial charge < -0.3 is 10.5 Å². The number of ether oxygens (including phenoxy) is 1. The van der Waals surface area contributed by atoms with Crippen molar-refractivity contribution in [3.05, 3.63) is 29.6 Å². The Morgan fingerprint density at radius 2 is 2.08 bits per heavy atom. The summed E-state index contributed by atoms with van der Waals surface area (Å²) in [6.45, 7) is 6.20. The lowest BCUT2D eigenvalue weighted by molar-refractivity contribution is -0.117. The van der Waals surface area contributed by atoms with Crippen molar-refractivity contribution in [3.63, 3.8) is 0 Å². The van der Waals surface area contributed by atoms with Crippen molar-refractivity contribution in [1.82, 2.24) is 9.88 Å². The van der Waals surface area contributed by atoms with E-state index in [1.165, 1.54) is 49.9 Å². The molecule has 1 unspecified atom stereocenters. The van der Waals surface area contributed by atoms with Gasteiger partial charge in [-0.15, -0.1) is 11.8 Å². The van der Waals surface area contributed by atoms with Crippen LogP contribution in [0.5, 0.6) is 0 Å². The van der Waals surface area contributed by atoms with Crippen LogP contribution >= 0.6 is 11.8 Å². The summed E-state index contributed by atoms with van der Waals surface area (Å²) in [6, 6.07) is 2.99. The van der Waals surface area contributed by atoms with E-state index in [-0.39, 0.29) is 5.91 Å². The zero-order valence-corrected chi connectivity index (χ0v) is 15.8. The maximum Gasteiger partial charge on any atom is 0.217 e. The number of aromatic nitrogens is 1. The lowest BCUT2D eigenvalue weighted by atomic mass is 10.0. The molecule has 1 aromatic heterocycles. The molecule has 25 heavy (non-hydrogen) atoms. The molecule has 2 fully saturated rings. The van der Waals surface area contributed by atoms with Gasteiger partial charge in [0.25, 0.3) is 0 Å². The van der Waals surface area contributed by atoms with Gasteiger partial charge in [-0.1, -0.05) is 6.92 Å². The number of rotatable bonds is 4. The fraction of sp³-hybridized carbons (Fsp3) is 0.684. The zero-order valence-electron chi connectivity index (χ0n) is 15.0. The summed E-state index contributed by atoms with van der Waals surface area (Å²) in [4.78, 5) is 16.6. The number of pyridine rings is 1. The van der Waals surface area contributed by atoms with Gasteiger partial charge >= 0.3 is 0 Å². The van der Waals surface area contributed by atoms with E-state index in [0.29, 0.717) is 11.7 Å². The highest BCUT2D eigenvalue weighted by Gasteiger charge is 2.36. The van der Waals surface area contributed by atoms with Gasteiger partial charge in [0.2, 0.25) is 5.91 Å². The molecule has 5 nitrogen and oxygen atoms in total. The van der Waals surface area contributed by atoms with E-state index in [1.807, 2.05) is 6.20 Å². The largest absolute Gasteiger partial charge is 0.381 e. The van der Waals surface area contributed by atoms with E-state index in [9.17, 15) is 4.79 Å². The maximum atomic E-state index is 9.59. The summed E-state index contributed by atoms with van der Waals surface area (Å²) in [5, 5.41) is 1.52. The molecular weight excluding hydrogens is 334 g/mol. The van der Waals surface area contributed by atoms with Gasteiger partial charge in [0, 0.05) is 61.7 Å². The van der Waals surface area contributed by atoms with E-state index in [1.54, 1.807) is 6.92 Å². The molecule has 3 heterocycles. The van der Waals surface area contributed by atoms with Crippen LogP contribution in [0, 0.1) is 0 Å². The molecule has 138 valence electrons. The Morgan fingerprint density at radius 1 is 1.36 bits per heavy atom. The predicted octanol–water partition coefficient (Wildman–Crippen LogP) is 2.55. The molecule has 0 bridgehead atoms. The lowest BCUT2D eigenvalue weighted by Gasteiger charge is -2.46. The molecule has 6 heteroatoms. The van der Waals surface area contributed by atoms with Crippen LogP contribution in [0.25, 0.3) is 0 Å². The summed E-state index contributed by atoms with van der Waals surface area (Å²) in [7, 11) is 0. The number of likely N-dealkylation sites (tertiary alicyclic amines) is 1. The normalized spacial score (nSPS) is 24.1. The molecule has 0 aromatic carbocycles. The highest BCUT2D eigenvalue weighted by molar-refractivity contribution is 8.00. The number of carbonyl (C=O) groups is 1.